The Kier molecular flexibility index (Phi) is 6.34. The Morgan fingerprint density at radius 3 is 2.41 bits per heavy atom. The molecule has 29 heavy (non-hydrogen) atoms. The lowest BCUT2D eigenvalue weighted by molar-refractivity contribution is -0.120. The number of nitrogens with one attached hydrogen (secondary N) is 1. The fraction of sp³-hybridized carbons (Fsp3) is 0.190. The summed E-state index contributed by atoms with van der Waals surface area (Å²) in [6.07, 6.45) is 0. The maximum Gasteiger partial charge on any atom is 0.274 e. The van der Waals surface area contributed by atoms with Crippen LogP contribution in [0.5, 0.6) is 0 Å². The smallest absolute Gasteiger partial charge is 0.274 e. The largest absolute Gasteiger partial charge is 0.348 e. The van der Waals surface area contributed by atoms with E-state index in [9.17, 15) is 17.6 Å². The van der Waals surface area contributed by atoms with Crippen LogP contribution in [0.1, 0.15) is 24.1 Å². The molecule has 1 atom stereocenters. The number of halogens is 1. The number of rotatable bonds is 7. The Morgan fingerprint density at radius 1 is 1.10 bits per heavy atom. The second kappa shape index (κ2) is 8.75. The first-order chi connectivity index (χ1) is 13.8. The molecule has 2 aromatic carbocycles. The van der Waals surface area contributed by atoms with E-state index in [-0.39, 0.29) is 15.9 Å². The van der Waals surface area contributed by atoms with Crippen LogP contribution in [0.3, 0.4) is 0 Å². The summed E-state index contributed by atoms with van der Waals surface area (Å²) in [5.41, 5.74) is 1.82. The minimum absolute atomic E-state index is 0.0418. The number of amides is 1. The molecule has 3 aromatic rings. The quantitative estimate of drug-likeness (QED) is 0.606. The molecule has 0 aliphatic carbocycles. The molecule has 0 aliphatic heterocycles. The van der Waals surface area contributed by atoms with Gasteiger partial charge in [-0.05, 0) is 43.0 Å². The third-order valence-corrected chi connectivity index (χ3v) is 7.54. The lowest BCUT2D eigenvalue weighted by Crippen LogP contribution is -2.41. The third-order valence-electron chi connectivity index (χ3n) is 4.40. The Labute approximate surface area is 173 Å². The number of aryl methyl sites for hydroxylation is 1. The molecule has 0 radical (unpaired) electrons. The zero-order chi connectivity index (χ0) is 21.0. The molecule has 0 saturated carbocycles. The molecular weight excluding hydrogens is 411 g/mol. The number of para-hydroxylation sites is 1. The van der Waals surface area contributed by atoms with E-state index in [2.05, 4.69) is 5.32 Å². The highest BCUT2D eigenvalue weighted by atomic mass is 32.2. The van der Waals surface area contributed by atoms with Gasteiger partial charge in [0.15, 0.2) is 0 Å². The molecule has 0 bridgehead atoms. The van der Waals surface area contributed by atoms with Crippen molar-refractivity contribution < 1.29 is 17.6 Å². The molecular formula is C21H21FN2O3S2. The first-order valence-corrected chi connectivity index (χ1v) is 11.3. The number of anilines is 1. The van der Waals surface area contributed by atoms with Crippen molar-refractivity contribution in [2.45, 2.75) is 24.1 Å². The van der Waals surface area contributed by atoms with E-state index in [1.807, 2.05) is 38.1 Å². The molecule has 0 fully saturated rings. The van der Waals surface area contributed by atoms with E-state index in [4.69, 9.17) is 0 Å². The van der Waals surface area contributed by atoms with Crippen molar-refractivity contribution >= 4 is 33.0 Å². The van der Waals surface area contributed by atoms with E-state index in [0.29, 0.717) is 0 Å². The molecule has 0 unspecified atom stereocenters. The zero-order valence-corrected chi connectivity index (χ0v) is 17.6. The number of thiophene rings is 1. The third kappa shape index (κ3) is 4.83. The average Bonchev–Trinajstić information content (AvgIpc) is 3.23. The van der Waals surface area contributed by atoms with E-state index in [1.54, 1.807) is 11.4 Å². The van der Waals surface area contributed by atoms with Crippen LogP contribution in [-0.2, 0) is 14.8 Å². The summed E-state index contributed by atoms with van der Waals surface area (Å²) in [5, 5.41) is 4.41. The van der Waals surface area contributed by atoms with Gasteiger partial charge in [0, 0.05) is 0 Å². The number of carbonyl (C=O) groups is 1. The summed E-state index contributed by atoms with van der Waals surface area (Å²) in [4.78, 5) is 12.7. The van der Waals surface area contributed by atoms with Gasteiger partial charge in [0.25, 0.3) is 10.0 Å². The maximum absolute atomic E-state index is 14.4. The van der Waals surface area contributed by atoms with Gasteiger partial charge in [-0.1, -0.05) is 48.0 Å². The number of sulfonamides is 1. The summed E-state index contributed by atoms with van der Waals surface area (Å²) in [6.45, 7) is 3.25. The van der Waals surface area contributed by atoms with Gasteiger partial charge < -0.3 is 5.32 Å². The highest BCUT2D eigenvalue weighted by Crippen LogP contribution is 2.28. The normalized spacial score (nSPS) is 12.4. The van der Waals surface area contributed by atoms with Crippen molar-refractivity contribution in [1.29, 1.82) is 0 Å². The fourth-order valence-electron chi connectivity index (χ4n) is 2.83. The van der Waals surface area contributed by atoms with Crippen molar-refractivity contribution in [3.63, 3.8) is 0 Å². The van der Waals surface area contributed by atoms with Gasteiger partial charge in [-0.3, -0.25) is 9.10 Å². The van der Waals surface area contributed by atoms with E-state index in [1.165, 1.54) is 30.3 Å². The minimum Gasteiger partial charge on any atom is -0.348 e. The van der Waals surface area contributed by atoms with E-state index < -0.39 is 28.3 Å². The molecule has 1 amide bonds. The van der Waals surface area contributed by atoms with Crippen LogP contribution < -0.4 is 9.62 Å². The molecule has 1 heterocycles. The van der Waals surface area contributed by atoms with Crippen LogP contribution in [0.2, 0.25) is 0 Å². The highest BCUT2D eigenvalue weighted by molar-refractivity contribution is 7.94. The number of carbonyl (C=O) groups excluding carboxylic acids is 1. The number of benzene rings is 2. The van der Waals surface area contributed by atoms with Gasteiger partial charge in [0.2, 0.25) is 5.91 Å². The number of hydrogen-bond acceptors (Lipinski definition) is 4. The van der Waals surface area contributed by atoms with Crippen molar-refractivity contribution in [2.24, 2.45) is 0 Å². The first kappa shape index (κ1) is 21.0. The molecule has 152 valence electrons. The van der Waals surface area contributed by atoms with Crippen LogP contribution >= 0.6 is 11.3 Å². The minimum atomic E-state index is -4.08. The Morgan fingerprint density at radius 2 is 1.79 bits per heavy atom. The average molecular weight is 433 g/mol. The fourth-order valence-corrected chi connectivity index (χ4v) is 5.36. The topological polar surface area (TPSA) is 66.5 Å². The second-order valence-electron chi connectivity index (χ2n) is 6.60. The summed E-state index contributed by atoms with van der Waals surface area (Å²) in [7, 11) is -4.08. The van der Waals surface area contributed by atoms with Crippen LogP contribution in [0.25, 0.3) is 0 Å². The van der Waals surface area contributed by atoms with Crippen molar-refractivity contribution in [3.05, 3.63) is 83.0 Å². The Hall–Kier alpha value is -2.71. The summed E-state index contributed by atoms with van der Waals surface area (Å²) >= 11 is 1.01. The van der Waals surface area contributed by atoms with Gasteiger partial charge >= 0.3 is 0 Å². The van der Waals surface area contributed by atoms with Crippen molar-refractivity contribution in [1.82, 2.24) is 5.32 Å². The Bertz CT molecular complexity index is 1080. The second-order valence-corrected chi connectivity index (χ2v) is 9.63. The van der Waals surface area contributed by atoms with Gasteiger partial charge in [0.1, 0.15) is 16.6 Å². The molecule has 8 heteroatoms. The van der Waals surface area contributed by atoms with Crippen LogP contribution in [0, 0.1) is 12.7 Å². The van der Waals surface area contributed by atoms with Gasteiger partial charge in [0.05, 0.1) is 11.7 Å². The SMILES string of the molecule is Cc1ccc([C@H](C)NC(=O)CN(c2ccccc2F)S(=O)(=O)c2cccs2)cc1. The van der Waals surface area contributed by atoms with Crippen molar-refractivity contribution in [2.75, 3.05) is 10.8 Å². The van der Waals surface area contributed by atoms with E-state index in [0.717, 1.165) is 26.8 Å². The first-order valence-electron chi connectivity index (χ1n) is 8.96. The molecule has 0 aliphatic rings. The van der Waals surface area contributed by atoms with Crippen LogP contribution in [0.15, 0.2) is 70.3 Å². The lowest BCUT2D eigenvalue weighted by Gasteiger charge is -2.24. The summed E-state index contributed by atoms with van der Waals surface area (Å²) in [5.74, 6) is -1.24. The summed E-state index contributed by atoms with van der Waals surface area (Å²) < 4.78 is 41.4. The van der Waals surface area contributed by atoms with Crippen LogP contribution in [-0.4, -0.2) is 20.9 Å². The standard InChI is InChI=1S/C21H21FN2O3S2/c1-15-9-11-17(12-10-15)16(2)23-20(25)14-24(19-7-4-3-6-18(19)22)29(26,27)21-8-5-13-28-21/h3-13,16H,14H2,1-2H3,(H,23,25)/t16-/m0/s1. The zero-order valence-electron chi connectivity index (χ0n) is 16.0. The van der Waals surface area contributed by atoms with Gasteiger partial charge in [-0.25, -0.2) is 12.8 Å². The molecule has 0 saturated heterocycles. The summed E-state index contributed by atoms with van der Waals surface area (Å²) in [6, 6.07) is 15.9. The number of hydrogen-bond donors (Lipinski definition) is 1. The Balaban J connectivity index is 1.86. The van der Waals surface area contributed by atoms with Gasteiger partial charge in [-0.15, -0.1) is 11.3 Å². The molecule has 1 aromatic heterocycles. The maximum atomic E-state index is 14.4. The van der Waals surface area contributed by atoms with Crippen molar-refractivity contribution in [3.8, 4) is 0 Å². The van der Waals surface area contributed by atoms with E-state index >= 15 is 0 Å². The molecule has 0 spiro atoms. The lowest BCUT2D eigenvalue weighted by atomic mass is 10.1. The van der Waals surface area contributed by atoms with Gasteiger partial charge in [-0.2, -0.15) is 0 Å². The predicted molar refractivity (Wildman–Crippen MR) is 113 cm³/mol. The monoisotopic (exact) mass is 432 g/mol. The highest BCUT2D eigenvalue weighted by Gasteiger charge is 2.30. The molecule has 1 N–H and O–H groups in total. The predicted octanol–water partition coefficient (Wildman–Crippen LogP) is 4.27. The number of nitrogens with zero attached hydrogens (tertiary/aromatic N) is 1. The molecule has 3 rings (SSSR count). The van der Waals surface area contributed by atoms with Crippen LogP contribution in [0.4, 0.5) is 10.1 Å². The molecule has 5 nitrogen and oxygen atoms in total.